The molecule has 4 nitrogen and oxygen atoms in total. The van der Waals surface area contributed by atoms with E-state index in [2.05, 4.69) is 45.0 Å². The monoisotopic (exact) mass is 366 g/mol. The van der Waals surface area contributed by atoms with E-state index in [1.54, 1.807) is 6.21 Å². The number of hydrogen-bond donors (Lipinski definition) is 0. The molecule has 1 aromatic carbocycles. The molecule has 0 aromatic heterocycles. The zero-order valence-corrected chi connectivity index (χ0v) is 14.5. The third kappa shape index (κ3) is 6.81. The van der Waals surface area contributed by atoms with Crippen molar-refractivity contribution in [3.05, 3.63) is 35.9 Å². The summed E-state index contributed by atoms with van der Waals surface area (Å²) in [6.45, 7) is 4.24. The second kappa shape index (κ2) is 9.87. The first-order valence-electron chi connectivity index (χ1n) is 7.74. The molecule has 0 saturated heterocycles. The van der Waals surface area contributed by atoms with Gasteiger partial charge in [-0.3, -0.25) is 4.99 Å². The van der Waals surface area contributed by atoms with E-state index in [-0.39, 0.29) is 12.3 Å². The van der Waals surface area contributed by atoms with Gasteiger partial charge in [0.2, 0.25) is 0 Å². The Kier molecular flexibility index (Phi) is 7.77. The number of ether oxygens (including phenoxy) is 2. The Balaban J connectivity index is 1.45. The summed E-state index contributed by atoms with van der Waals surface area (Å²) in [6.07, 6.45) is 4.87. The third-order valence-electron chi connectivity index (χ3n) is 3.42. The average molecular weight is 367 g/mol. The van der Waals surface area contributed by atoms with Gasteiger partial charge in [0.25, 0.3) is 0 Å². The number of rotatable bonds is 10. The third-order valence-corrected chi connectivity index (χ3v) is 3.83. The van der Waals surface area contributed by atoms with Crippen LogP contribution in [-0.4, -0.2) is 36.3 Å². The Labute approximate surface area is 140 Å². The smallest absolute Gasteiger partial charge is 0.141 e. The summed E-state index contributed by atoms with van der Waals surface area (Å²) in [7, 11) is 0. The summed E-state index contributed by atoms with van der Waals surface area (Å²) in [5.41, 5.74) is 1.21. The predicted molar refractivity (Wildman–Crippen MR) is 94.0 cm³/mol. The van der Waals surface area contributed by atoms with Gasteiger partial charge in [-0.05, 0) is 47.7 Å². The van der Waals surface area contributed by atoms with Gasteiger partial charge in [-0.2, -0.15) is 0 Å². The molecule has 22 heavy (non-hydrogen) atoms. The van der Waals surface area contributed by atoms with Gasteiger partial charge in [-0.1, -0.05) is 30.3 Å². The Bertz CT molecular complexity index is 491. The van der Waals surface area contributed by atoms with E-state index >= 15 is 0 Å². The number of hydrogen-bond acceptors (Lipinski definition) is 4. The highest BCUT2D eigenvalue weighted by molar-refractivity contribution is 9.19. The summed E-state index contributed by atoms with van der Waals surface area (Å²) in [6, 6.07) is 10.2. The molecule has 1 aromatic rings. The van der Waals surface area contributed by atoms with Crippen molar-refractivity contribution in [2.24, 2.45) is 9.98 Å². The minimum atomic E-state index is 0.0751. The summed E-state index contributed by atoms with van der Waals surface area (Å²) in [4.78, 5) is 8.59. The Morgan fingerprint density at radius 1 is 1.23 bits per heavy atom. The lowest BCUT2D eigenvalue weighted by molar-refractivity contribution is 0.0215. The fourth-order valence-electron chi connectivity index (χ4n) is 2.11. The fourth-order valence-corrected chi connectivity index (χ4v) is 2.47. The molecule has 0 spiro atoms. The molecule has 2 atom stereocenters. The van der Waals surface area contributed by atoms with Crippen molar-refractivity contribution in [3.8, 4) is 0 Å². The predicted octanol–water partition coefficient (Wildman–Crippen LogP) is 3.98. The van der Waals surface area contributed by atoms with Gasteiger partial charge in [0.15, 0.2) is 0 Å². The molecule has 1 aliphatic rings. The number of aliphatic imine (C=N–C) groups is 2. The maximum Gasteiger partial charge on any atom is 0.141 e. The van der Waals surface area contributed by atoms with E-state index in [1.165, 1.54) is 5.56 Å². The largest absolute Gasteiger partial charge is 0.381 e. The van der Waals surface area contributed by atoms with Crippen molar-refractivity contribution >= 4 is 26.8 Å². The SMILES string of the molecule is C[C@H](CCOCCCC1N=CC(Br)=N1)OCc1ccccc1. The molecule has 0 radical (unpaired) electrons. The zero-order valence-electron chi connectivity index (χ0n) is 13.0. The second-order valence-corrected chi connectivity index (χ2v) is 6.17. The van der Waals surface area contributed by atoms with Gasteiger partial charge in [-0.25, -0.2) is 4.99 Å². The highest BCUT2D eigenvalue weighted by Crippen LogP contribution is 2.11. The van der Waals surface area contributed by atoms with Crippen LogP contribution >= 0.6 is 15.9 Å². The van der Waals surface area contributed by atoms with Crippen molar-refractivity contribution in [2.45, 2.75) is 45.1 Å². The molecule has 120 valence electrons. The lowest BCUT2D eigenvalue weighted by atomic mass is 10.2. The second-order valence-electron chi connectivity index (χ2n) is 5.36. The Morgan fingerprint density at radius 3 is 2.77 bits per heavy atom. The van der Waals surface area contributed by atoms with Crippen molar-refractivity contribution in [1.82, 2.24) is 0 Å². The number of nitrogens with zero attached hydrogens (tertiary/aromatic N) is 2. The molecule has 0 amide bonds. The van der Waals surface area contributed by atoms with Crippen LogP contribution in [0.3, 0.4) is 0 Å². The van der Waals surface area contributed by atoms with Gasteiger partial charge >= 0.3 is 0 Å². The van der Waals surface area contributed by atoms with E-state index < -0.39 is 0 Å². The molecule has 5 heteroatoms. The van der Waals surface area contributed by atoms with E-state index in [1.807, 2.05) is 18.2 Å². The highest BCUT2D eigenvalue weighted by Gasteiger charge is 2.09. The standard InChI is InChI=1S/C17H23BrN2O2/c1-14(22-13-15-6-3-2-4-7-15)9-11-21-10-5-8-17-19-12-16(18)20-17/h2-4,6-7,12,14,17H,5,8-11,13H2,1H3/t14-,17?/m1/s1. The zero-order chi connectivity index (χ0) is 15.6. The molecule has 0 N–H and O–H groups in total. The fraction of sp³-hybridized carbons (Fsp3) is 0.529. The normalized spacial score (nSPS) is 18.5. The quantitative estimate of drug-likeness (QED) is 0.587. The van der Waals surface area contributed by atoms with E-state index in [4.69, 9.17) is 9.47 Å². The van der Waals surface area contributed by atoms with Crippen LogP contribution in [0.2, 0.25) is 0 Å². The Morgan fingerprint density at radius 2 is 2.05 bits per heavy atom. The van der Waals surface area contributed by atoms with Crippen LogP contribution in [0.5, 0.6) is 0 Å². The first-order chi connectivity index (χ1) is 10.7. The summed E-state index contributed by atoms with van der Waals surface area (Å²) in [5.74, 6) is 0. The number of halogens is 1. The van der Waals surface area contributed by atoms with Crippen LogP contribution < -0.4 is 0 Å². The van der Waals surface area contributed by atoms with Crippen molar-refractivity contribution < 1.29 is 9.47 Å². The molecule has 1 aliphatic heterocycles. The molecule has 0 fully saturated rings. The molecule has 1 heterocycles. The van der Waals surface area contributed by atoms with Crippen LogP contribution in [0.15, 0.2) is 40.3 Å². The van der Waals surface area contributed by atoms with Crippen molar-refractivity contribution in [3.63, 3.8) is 0 Å². The molecule has 0 bridgehead atoms. The average Bonchev–Trinajstić information content (AvgIpc) is 2.95. The van der Waals surface area contributed by atoms with Crippen LogP contribution in [0.1, 0.15) is 31.7 Å². The van der Waals surface area contributed by atoms with Crippen molar-refractivity contribution in [2.75, 3.05) is 13.2 Å². The van der Waals surface area contributed by atoms with E-state index in [0.29, 0.717) is 6.61 Å². The highest BCUT2D eigenvalue weighted by atomic mass is 79.9. The van der Waals surface area contributed by atoms with Gasteiger partial charge in [-0.15, -0.1) is 0 Å². The molecule has 0 saturated carbocycles. The van der Waals surface area contributed by atoms with Gasteiger partial charge in [0.1, 0.15) is 10.8 Å². The maximum absolute atomic E-state index is 5.81. The van der Waals surface area contributed by atoms with Crippen LogP contribution in [0.4, 0.5) is 0 Å². The van der Waals surface area contributed by atoms with Gasteiger partial charge in [0, 0.05) is 13.2 Å². The van der Waals surface area contributed by atoms with Crippen molar-refractivity contribution in [1.29, 1.82) is 0 Å². The van der Waals surface area contributed by atoms with E-state index in [0.717, 1.165) is 37.1 Å². The first kappa shape index (κ1) is 17.3. The summed E-state index contributed by atoms with van der Waals surface area (Å²) < 4.78 is 12.3. The minimum Gasteiger partial charge on any atom is -0.381 e. The van der Waals surface area contributed by atoms with Gasteiger partial charge in [0.05, 0.1) is 18.9 Å². The topological polar surface area (TPSA) is 43.2 Å². The first-order valence-corrected chi connectivity index (χ1v) is 8.53. The molecular formula is C17H23BrN2O2. The van der Waals surface area contributed by atoms with Crippen LogP contribution in [-0.2, 0) is 16.1 Å². The number of benzene rings is 1. The lowest BCUT2D eigenvalue weighted by Crippen LogP contribution is -2.12. The van der Waals surface area contributed by atoms with E-state index in [9.17, 15) is 0 Å². The molecule has 0 aliphatic carbocycles. The lowest BCUT2D eigenvalue weighted by Gasteiger charge is -2.13. The summed E-state index contributed by atoms with van der Waals surface area (Å²) in [5, 5.41) is 0. The Hall–Kier alpha value is -1.04. The van der Waals surface area contributed by atoms with Gasteiger partial charge < -0.3 is 9.47 Å². The van der Waals surface area contributed by atoms with Crippen LogP contribution in [0.25, 0.3) is 0 Å². The minimum absolute atomic E-state index is 0.0751. The summed E-state index contributed by atoms with van der Waals surface area (Å²) >= 11 is 3.32. The molecule has 1 unspecified atom stereocenters. The molecule has 2 rings (SSSR count). The maximum atomic E-state index is 5.81. The molecular weight excluding hydrogens is 344 g/mol. The van der Waals surface area contributed by atoms with Crippen LogP contribution in [0, 0.1) is 0 Å².